The third-order valence-corrected chi connectivity index (χ3v) is 3.58. The van der Waals surface area contributed by atoms with E-state index in [9.17, 15) is 4.79 Å². The molecule has 6 heteroatoms. The number of likely N-dealkylation sites (tertiary alicyclic amines) is 1. The molecule has 2 fully saturated rings. The Hall–Kier alpha value is -2.29. The van der Waals surface area contributed by atoms with Gasteiger partial charge in [0.1, 0.15) is 11.9 Å². The van der Waals surface area contributed by atoms with Gasteiger partial charge in [-0.25, -0.2) is 9.78 Å². The fraction of sp³-hybridized carbons (Fsp3) is 0.417. The predicted octanol–water partition coefficient (Wildman–Crippen LogP) is 0.753. The van der Waals surface area contributed by atoms with Crippen molar-refractivity contribution in [3.05, 3.63) is 23.9 Å². The summed E-state index contributed by atoms with van der Waals surface area (Å²) in [5.41, 5.74) is 0.684. The van der Waals surface area contributed by atoms with Crippen LogP contribution in [-0.4, -0.2) is 47.3 Å². The van der Waals surface area contributed by atoms with Crippen LogP contribution in [0, 0.1) is 16.7 Å². The molecule has 1 aromatic heterocycles. The van der Waals surface area contributed by atoms with E-state index in [2.05, 4.69) is 9.88 Å². The summed E-state index contributed by atoms with van der Waals surface area (Å²) in [6.45, 7) is 2.93. The molecule has 0 atom stereocenters. The number of amides is 1. The van der Waals surface area contributed by atoms with Crippen molar-refractivity contribution in [3.8, 4) is 6.07 Å². The van der Waals surface area contributed by atoms with Gasteiger partial charge in [-0.15, -0.1) is 0 Å². The van der Waals surface area contributed by atoms with Crippen molar-refractivity contribution in [1.82, 2.24) is 9.88 Å². The number of pyridine rings is 1. The van der Waals surface area contributed by atoms with Crippen molar-refractivity contribution < 1.29 is 9.90 Å². The maximum Gasteiger partial charge on any atom is 0.407 e. The van der Waals surface area contributed by atoms with Crippen molar-refractivity contribution in [3.63, 3.8) is 0 Å². The van der Waals surface area contributed by atoms with E-state index in [0.29, 0.717) is 18.7 Å². The van der Waals surface area contributed by atoms with E-state index in [4.69, 9.17) is 10.4 Å². The van der Waals surface area contributed by atoms with Crippen LogP contribution in [0.3, 0.4) is 0 Å². The first-order chi connectivity index (χ1) is 8.62. The Balaban J connectivity index is 1.59. The van der Waals surface area contributed by atoms with Gasteiger partial charge in [-0.05, 0) is 12.1 Å². The van der Waals surface area contributed by atoms with Gasteiger partial charge < -0.3 is 14.9 Å². The van der Waals surface area contributed by atoms with Gasteiger partial charge in [0.2, 0.25) is 0 Å². The van der Waals surface area contributed by atoms with E-state index in [-0.39, 0.29) is 5.41 Å². The molecule has 18 heavy (non-hydrogen) atoms. The molecule has 3 heterocycles. The molecule has 1 spiro atoms. The molecule has 1 amide bonds. The highest BCUT2D eigenvalue weighted by atomic mass is 16.4. The molecule has 0 saturated carbocycles. The lowest BCUT2D eigenvalue weighted by molar-refractivity contribution is -0.00974. The van der Waals surface area contributed by atoms with Gasteiger partial charge >= 0.3 is 6.09 Å². The zero-order valence-corrected chi connectivity index (χ0v) is 9.70. The number of nitrogens with zero attached hydrogens (tertiary/aromatic N) is 4. The third kappa shape index (κ3) is 1.56. The molecule has 0 bridgehead atoms. The van der Waals surface area contributed by atoms with E-state index in [0.717, 1.165) is 18.9 Å². The number of rotatable bonds is 1. The third-order valence-electron chi connectivity index (χ3n) is 3.58. The molecule has 1 aromatic rings. The first-order valence-corrected chi connectivity index (χ1v) is 5.71. The highest BCUT2D eigenvalue weighted by molar-refractivity contribution is 5.67. The average molecular weight is 244 g/mol. The van der Waals surface area contributed by atoms with Gasteiger partial charge in [0, 0.05) is 37.8 Å². The van der Waals surface area contributed by atoms with Crippen LogP contribution in [0.1, 0.15) is 5.56 Å². The van der Waals surface area contributed by atoms with Crippen LogP contribution in [0.4, 0.5) is 10.6 Å². The monoisotopic (exact) mass is 244 g/mol. The Morgan fingerprint density at radius 1 is 1.39 bits per heavy atom. The number of nitriles is 1. The molecule has 3 rings (SSSR count). The van der Waals surface area contributed by atoms with Crippen LogP contribution in [-0.2, 0) is 0 Å². The summed E-state index contributed by atoms with van der Waals surface area (Å²) in [5, 5.41) is 17.5. The van der Waals surface area contributed by atoms with Gasteiger partial charge in [0.25, 0.3) is 0 Å². The maximum absolute atomic E-state index is 10.7. The molecule has 2 aliphatic heterocycles. The van der Waals surface area contributed by atoms with Gasteiger partial charge in [-0.3, -0.25) is 0 Å². The molecular formula is C12H12N4O2. The van der Waals surface area contributed by atoms with Crippen molar-refractivity contribution >= 4 is 11.9 Å². The average Bonchev–Trinajstić information content (AvgIpc) is 2.25. The van der Waals surface area contributed by atoms with Crippen molar-refractivity contribution in [2.45, 2.75) is 0 Å². The summed E-state index contributed by atoms with van der Waals surface area (Å²) in [6, 6.07) is 5.61. The van der Waals surface area contributed by atoms with E-state index in [1.165, 1.54) is 4.90 Å². The van der Waals surface area contributed by atoms with Crippen LogP contribution in [0.2, 0.25) is 0 Å². The number of carbonyl (C=O) groups is 1. The lowest BCUT2D eigenvalue weighted by Gasteiger charge is -2.59. The summed E-state index contributed by atoms with van der Waals surface area (Å²) in [5.74, 6) is 0.855. The molecule has 0 aliphatic carbocycles. The molecule has 1 N–H and O–H groups in total. The minimum Gasteiger partial charge on any atom is -0.465 e. The molecule has 6 nitrogen and oxygen atoms in total. The minimum absolute atomic E-state index is 0.133. The number of anilines is 1. The van der Waals surface area contributed by atoms with Crippen LogP contribution >= 0.6 is 0 Å². The molecule has 2 aliphatic rings. The first-order valence-electron chi connectivity index (χ1n) is 5.71. The lowest BCUT2D eigenvalue weighted by atomic mass is 9.73. The summed E-state index contributed by atoms with van der Waals surface area (Å²) >= 11 is 0. The zero-order valence-electron chi connectivity index (χ0n) is 9.70. The quantitative estimate of drug-likeness (QED) is 0.788. The van der Waals surface area contributed by atoms with E-state index >= 15 is 0 Å². The summed E-state index contributed by atoms with van der Waals surface area (Å²) < 4.78 is 0. The summed E-state index contributed by atoms with van der Waals surface area (Å²) in [7, 11) is 0. The van der Waals surface area contributed by atoms with Gasteiger partial charge in [-0.1, -0.05) is 0 Å². The van der Waals surface area contributed by atoms with Gasteiger partial charge in [0.05, 0.1) is 5.56 Å². The van der Waals surface area contributed by atoms with E-state index < -0.39 is 6.09 Å². The zero-order chi connectivity index (χ0) is 12.8. The van der Waals surface area contributed by atoms with Crippen molar-refractivity contribution in [2.75, 3.05) is 31.1 Å². The highest BCUT2D eigenvalue weighted by Gasteiger charge is 2.53. The number of hydrogen-bond acceptors (Lipinski definition) is 4. The standard InChI is InChI=1S/C12H12N4O2/c13-3-9-1-2-10(14-4-9)15-5-12(6-15)7-16(8-12)11(17)18/h1-2,4H,5-8H2,(H,17,18). The maximum atomic E-state index is 10.7. The molecule has 2 saturated heterocycles. The van der Waals surface area contributed by atoms with Crippen LogP contribution in [0.25, 0.3) is 0 Å². The number of hydrogen-bond donors (Lipinski definition) is 1. The van der Waals surface area contributed by atoms with Crippen molar-refractivity contribution in [2.24, 2.45) is 5.41 Å². The largest absolute Gasteiger partial charge is 0.465 e. The fourth-order valence-electron chi connectivity index (χ4n) is 2.66. The predicted molar refractivity (Wildman–Crippen MR) is 63.2 cm³/mol. The normalized spacial score (nSPS) is 19.9. The smallest absolute Gasteiger partial charge is 0.407 e. The Labute approximate surface area is 104 Å². The molecule has 92 valence electrons. The van der Waals surface area contributed by atoms with E-state index in [1.54, 1.807) is 12.3 Å². The Kier molecular flexibility index (Phi) is 2.17. The second-order valence-electron chi connectivity index (χ2n) is 5.01. The molecule has 0 unspecified atom stereocenters. The molecule has 0 radical (unpaired) electrons. The minimum atomic E-state index is -0.837. The number of carboxylic acid groups (broad SMARTS) is 1. The van der Waals surface area contributed by atoms with Crippen LogP contribution in [0.15, 0.2) is 18.3 Å². The van der Waals surface area contributed by atoms with Gasteiger partial charge in [0.15, 0.2) is 0 Å². The highest BCUT2D eigenvalue weighted by Crippen LogP contribution is 2.41. The second-order valence-corrected chi connectivity index (χ2v) is 5.01. The van der Waals surface area contributed by atoms with Crippen LogP contribution < -0.4 is 4.90 Å². The topological polar surface area (TPSA) is 80.5 Å². The molecular weight excluding hydrogens is 232 g/mol. The second kappa shape index (κ2) is 3.60. The summed E-state index contributed by atoms with van der Waals surface area (Å²) in [4.78, 5) is 18.5. The van der Waals surface area contributed by atoms with Crippen LogP contribution in [0.5, 0.6) is 0 Å². The summed E-state index contributed by atoms with van der Waals surface area (Å²) in [6.07, 6.45) is 0.723. The Morgan fingerprint density at radius 2 is 2.11 bits per heavy atom. The SMILES string of the molecule is N#Cc1ccc(N2CC3(CN(C(=O)O)C3)C2)nc1. The van der Waals surface area contributed by atoms with Crippen molar-refractivity contribution in [1.29, 1.82) is 5.26 Å². The number of aromatic nitrogens is 1. The molecule has 0 aromatic carbocycles. The first kappa shape index (κ1) is 10.8. The Morgan fingerprint density at radius 3 is 2.61 bits per heavy atom. The lowest BCUT2D eigenvalue weighted by Crippen LogP contribution is -2.73. The van der Waals surface area contributed by atoms with E-state index in [1.807, 2.05) is 12.1 Å². The van der Waals surface area contributed by atoms with Gasteiger partial charge in [-0.2, -0.15) is 5.26 Å². The fourth-order valence-corrected chi connectivity index (χ4v) is 2.66. The Bertz CT molecular complexity index is 520.